The van der Waals surface area contributed by atoms with Gasteiger partial charge >= 0.3 is 11.9 Å². The SMILES string of the molecule is C=C(C=NC)C=C(C)C(=O)CC(C)COC(=O)CCC(=O)O. The van der Waals surface area contributed by atoms with Gasteiger partial charge in [-0.25, -0.2) is 0 Å². The fraction of sp³-hybridized carbons (Fsp3) is 0.500. The highest BCUT2D eigenvalue weighted by Gasteiger charge is 2.14. The Morgan fingerprint density at radius 1 is 1.32 bits per heavy atom. The summed E-state index contributed by atoms with van der Waals surface area (Å²) in [6.45, 7) is 7.32. The molecule has 6 heteroatoms. The lowest BCUT2D eigenvalue weighted by atomic mass is 10.00. The largest absolute Gasteiger partial charge is 0.481 e. The summed E-state index contributed by atoms with van der Waals surface area (Å²) >= 11 is 0. The third-order valence-corrected chi connectivity index (χ3v) is 2.74. The van der Waals surface area contributed by atoms with Crippen molar-refractivity contribution in [1.29, 1.82) is 0 Å². The summed E-state index contributed by atoms with van der Waals surface area (Å²) in [5.41, 5.74) is 1.20. The number of nitrogens with zero attached hydrogens (tertiary/aromatic N) is 1. The van der Waals surface area contributed by atoms with E-state index in [2.05, 4.69) is 11.6 Å². The van der Waals surface area contributed by atoms with Crippen molar-refractivity contribution in [3.63, 3.8) is 0 Å². The van der Waals surface area contributed by atoms with E-state index in [1.807, 2.05) is 0 Å². The molecule has 6 nitrogen and oxygen atoms in total. The number of aliphatic imine (C=N–C) groups is 1. The zero-order valence-corrected chi connectivity index (χ0v) is 13.3. The van der Waals surface area contributed by atoms with E-state index in [9.17, 15) is 14.4 Å². The van der Waals surface area contributed by atoms with Crippen LogP contribution in [-0.2, 0) is 19.1 Å². The van der Waals surface area contributed by atoms with E-state index in [4.69, 9.17) is 9.84 Å². The Bertz CT molecular complexity index is 491. The fourth-order valence-electron chi connectivity index (χ4n) is 1.61. The van der Waals surface area contributed by atoms with E-state index in [0.717, 1.165) is 0 Å². The molecule has 0 aliphatic rings. The second-order valence-electron chi connectivity index (χ2n) is 5.10. The predicted octanol–water partition coefficient (Wildman–Crippen LogP) is 2.19. The van der Waals surface area contributed by atoms with Crippen LogP contribution >= 0.6 is 0 Å². The van der Waals surface area contributed by atoms with Crippen molar-refractivity contribution >= 4 is 23.9 Å². The van der Waals surface area contributed by atoms with Gasteiger partial charge in [-0.15, -0.1) is 0 Å². The number of allylic oxidation sites excluding steroid dienone is 3. The number of carboxylic acids is 1. The molecule has 0 amide bonds. The number of hydrogen-bond donors (Lipinski definition) is 1. The van der Waals surface area contributed by atoms with Gasteiger partial charge in [0, 0.05) is 19.7 Å². The smallest absolute Gasteiger partial charge is 0.306 e. The van der Waals surface area contributed by atoms with Crippen molar-refractivity contribution < 1.29 is 24.2 Å². The van der Waals surface area contributed by atoms with E-state index in [1.54, 1.807) is 33.2 Å². The van der Waals surface area contributed by atoms with Gasteiger partial charge in [0.2, 0.25) is 0 Å². The van der Waals surface area contributed by atoms with Crippen LogP contribution in [0.4, 0.5) is 0 Å². The van der Waals surface area contributed by atoms with E-state index in [1.165, 1.54) is 0 Å². The summed E-state index contributed by atoms with van der Waals surface area (Å²) in [4.78, 5) is 37.4. The van der Waals surface area contributed by atoms with Gasteiger partial charge in [-0.1, -0.05) is 13.5 Å². The molecule has 1 unspecified atom stereocenters. The molecule has 122 valence electrons. The molecule has 0 fully saturated rings. The molecule has 0 aromatic heterocycles. The summed E-state index contributed by atoms with van der Waals surface area (Å²) in [6.07, 6.45) is 3.04. The summed E-state index contributed by atoms with van der Waals surface area (Å²) < 4.78 is 4.94. The van der Waals surface area contributed by atoms with Gasteiger partial charge in [0.05, 0.1) is 19.4 Å². The van der Waals surface area contributed by atoms with Gasteiger partial charge < -0.3 is 9.84 Å². The topological polar surface area (TPSA) is 93.0 Å². The zero-order chi connectivity index (χ0) is 17.1. The van der Waals surface area contributed by atoms with Crippen molar-refractivity contribution in [3.05, 3.63) is 23.8 Å². The number of carbonyl (C=O) groups is 3. The molecule has 0 aromatic carbocycles. The van der Waals surface area contributed by atoms with Crippen LogP contribution in [0.2, 0.25) is 0 Å². The molecule has 0 heterocycles. The van der Waals surface area contributed by atoms with Gasteiger partial charge in [0.15, 0.2) is 5.78 Å². The molecule has 0 saturated heterocycles. The Hall–Kier alpha value is -2.24. The van der Waals surface area contributed by atoms with Crippen LogP contribution in [0.15, 0.2) is 28.8 Å². The number of rotatable bonds is 10. The van der Waals surface area contributed by atoms with Crippen LogP contribution < -0.4 is 0 Å². The number of esters is 1. The van der Waals surface area contributed by atoms with Crippen LogP contribution in [0.3, 0.4) is 0 Å². The summed E-state index contributed by atoms with van der Waals surface area (Å²) in [5.74, 6) is -1.81. The van der Waals surface area contributed by atoms with Gasteiger partial charge in [-0.2, -0.15) is 0 Å². The third kappa shape index (κ3) is 9.63. The minimum atomic E-state index is -1.04. The molecule has 0 radical (unpaired) electrons. The third-order valence-electron chi connectivity index (χ3n) is 2.74. The summed E-state index contributed by atoms with van der Waals surface area (Å²) in [5, 5.41) is 8.45. The molecule has 0 bridgehead atoms. The number of ether oxygens (including phenoxy) is 1. The van der Waals surface area contributed by atoms with Crippen molar-refractivity contribution in [1.82, 2.24) is 0 Å². The molecule has 1 atom stereocenters. The first kappa shape index (κ1) is 19.8. The quantitative estimate of drug-likeness (QED) is 0.289. The summed E-state index contributed by atoms with van der Waals surface area (Å²) in [6, 6.07) is 0. The van der Waals surface area contributed by atoms with Gasteiger partial charge in [0.1, 0.15) is 0 Å². The van der Waals surface area contributed by atoms with E-state index < -0.39 is 11.9 Å². The zero-order valence-electron chi connectivity index (χ0n) is 13.3. The first-order valence-electron chi connectivity index (χ1n) is 6.96. The number of carboxylic acid groups (broad SMARTS) is 1. The minimum Gasteiger partial charge on any atom is -0.481 e. The number of Topliss-reactive ketones (excluding diaryl/α,β-unsaturated/α-hetero) is 1. The Balaban J connectivity index is 4.22. The Labute approximate surface area is 130 Å². The summed E-state index contributed by atoms with van der Waals surface area (Å²) in [7, 11) is 1.62. The maximum Gasteiger partial charge on any atom is 0.306 e. The van der Waals surface area contributed by atoms with Crippen LogP contribution in [0.1, 0.15) is 33.1 Å². The first-order valence-corrected chi connectivity index (χ1v) is 6.96. The lowest BCUT2D eigenvalue weighted by Gasteiger charge is -2.11. The highest BCUT2D eigenvalue weighted by atomic mass is 16.5. The van der Waals surface area contributed by atoms with Crippen LogP contribution in [0.25, 0.3) is 0 Å². The molecule has 0 aliphatic carbocycles. The van der Waals surface area contributed by atoms with E-state index >= 15 is 0 Å². The normalized spacial score (nSPS) is 13.0. The minimum absolute atomic E-state index is 0.0558. The standard InChI is InChI=1S/C16H23NO5/c1-11(9-17-4)7-13(3)14(18)8-12(2)10-22-16(21)6-5-15(19)20/h7,9,12H,1,5-6,8,10H2,2-4H3,(H,19,20). The maximum atomic E-state index is 12.0. The van der Waals surface area contributed by atoms with Crippen molar-refractivity contribution in [2.45, 2.75) is 33.1 Å². The van der Waals surface area contributed by atoms with Crippen molar-refractivity contribution in [2.24, 2.45) is 10.9 Å². The highest BCUT2D eigenvalue weighted by Crippen LogP contribution is 2.10. The maximum absolute atomic E-state index is 12.0. The molecule has 0 aromatic rings. The van der Waals surface area contributed by atoms with E-state index in [0.29, 0.717) is 11.1 Å². The van der Waals surface area contributed by atoms with Crippen molar-refractivity contribution in [3.8, 4) is 0 Å². The highest BCUT2D eigenvalue weighted by molar-refractivity contribution is 5.97. The molecular weight excluding hydrogens is 286 g/mol. The number of aliphatic carboxylic acids is 1. The molecule has 0 spiro atoms. The monoisotopic (exact) mass is 309 g/mol. The molecular formula is C16H23NO5. The molecule has 0 aliphatic heterocycles. The second-order valence-corrected chi connectivity index (χ2v) is 5.10. The Kier molecular flexibility index (Phi) is 9.41. The average molecular weight is 309 g/mol. The number of carbonyl (C=O) groups excluding carboxylic acids is 2. The lowest BCUT2D eigenvalue weighted by molar-refractivity contribution is -0.148. The molecule has 1 N–H and O–H groups in total. The second kappa shape index (κ2) is 10.5. The van der Waals surface area contributed by atoms with Gasteiger partial charge in [0.25, 0.3) is 0 Å². The average Bonchev–Trinajstić information content (AvgIpc) is 2.42. The number of hydrogen-bond acceptors (Lipinski definition) is 5. The molecule has 0 rings (SSSR count). The van der Waals surface area contributed by atoms with Gasteiger partial charge in [-0.3, -0.25) is 19.4 Å². The predicted molar refractivity (Wildman–Crippen MR) is 83.9 cm³/mol. The molecule has 0 saturated carbocycles. The lowest BCUT2D eigenvalue weighted by Crippen LogP contribution is -2.16. The fourth-order valence-corrected chi connectivity index (χ4v) is 1.61. The van der Waals surface area contributed by atoms with Crippen LogP contribution in [0, 0.1) is 5.92 Å². The van der Waals surface area contributed by atoms with Crippen LogP contribution in [-0.4, -0.2) is 42.7 Å². The Morgan fingerprint density at radius 3 is 2.50 bits per heavy atom. The molecule has 22 heavy (non-hydrogen) atoms. The Morgan fingerprint density at radius 2 is 1.95 bits per heavy atom. The van der Waals surface area contributed by atoms with Gasteiger partial charge in [-0.05, 0) is 30.1 Å². The van der Waals surface area contributed by atoms with E-state index in [-0.39, 0.29) is 37.6 Å². The van der Waals surface area contributed by atoms with Crippen molar-refractivity contribution in [2.75, 3.05) is 13.7 Å². The number of ketones is 1. The first-order chi connectivity index (χ1) is 10.3. The van der Waals surface area contributed by atoms with Crippen LogP contribution in [0.5, 0.6) is 0 Å².